The molecule has 184 valence electrons. The number of halogens is 1. The third kappa shape index (κ3) is 5.89. The van der Waals surface area contributed by atoms with Gasteiger partial charge in [-0.05, 0) is 64.0 Å². The van der Waals surface area contributed by atoms with Crippen molar-refractivity contribution in [3.63, 3.8) is 0 Å². The number of hydrogen-bond donors (Lipinski definition) is 1. The average molecular weight is 495 g/mol. The molecule has 1 fully saturated rings. The minimum Gasteiger partial charge on any atom is -0.337 e. The molecular weight excluding hydrogens is 464 g/mol. The highest BCUT2D eigenvalue weighted by Crippen LogP contribution is 2.32. The highest BCUT2D eigenvalue weighted by Gasteiger charge is 2.27. The maximum absolute atomic E-state index is 13.0. The number of hydrogen-bond acceptors (Lipinski definition) is 5. The zero-order valence-corrected chi connectivity index (χ0v) is 21.1. The number of carbonyl (C=O) groups is 2. The second-order valence-electron chi connectivity index (χ2n) is 9.17. The zero-order valence-electron chi connectivity index (χ0n) is 20.4. The van der Waals surface area contributed by atoms with E-state index in [9.17, 15) is 9.59 Å². The van der Waals surface area contributed by atoms with Crippen LogP contribution < -0.4 is 5.32 Å². The van der Waals surface area contributed by atoms with Gasteiger partial charge in [-0.2, -0.15) is 0 Å². The molecule has 1 aliphatic heterocycles. The molecule has 0 aliphatic carbocycles. The predicted octanol–water partition coefficient (Wildman–Crippen LogP) is 4.32. The number of likely N-dealkylation sites (tertiary alicyclic amines) is 1. The summed E-state index contributed by atoms with van der Waals surface area (Å²) in [5, 5.41) is 3.23. The van der Waals surface area contributed by atoms with Gasteiger partial charge < -0.3 is 14.4 Å². The lowest BCUT2D eigenvalue weighted by molar-refractivity contribution is -0.126. The first-order chi connectivity index (χ1) is 16.8. The summed E-state index contributed by atoms with van der Waals surface area (Å²) in [7, 11) is 3.94. The summed E-state index contributed by atoms with van der Waals surface area (Å²) in [6, 6.07) is 9.07. The fourth-order valence-corrected chi connectivity index (χ4v) is 4.66. The Labute approximate surface area is 210 Å². The van der Waals surface area contributed by atoms with Crippen molar-refractivity contribution in [2.45, 2.75) is 32.2 Å². The number of nitrogens with one attached hydrogen (secondary N) is 1. The van der Waals surface area contributed by atoms with Gasteiger partial charge in [-0.25, -0.2) is 9.97 Å². The molecule has 3 heterocycles. The number of pyridine rings is 1. The molecule has 0 saturated carbocycles. The zero-order chi connectivity index (χ0) is 24.9. The minimum atomic E-state index is -0.309. The Kier molecular flexibility index (Phi) is 7.83. The highest BCUT2D eigenvalue weighted by atomic mass is 35.5. The van der Waals surface area contributed by atoms with Crippen LogP contribution in [-0.2, 0) is 4.79 Å². The van der Waals surface area contributed by atoms with E-state index in [2.05, 4.69) is 14.9 Å². The van der Waals surface area contributed by atoms with Crippen molar-refractivity contribution in [2.75, 3.05) is 39.0 Å². The van der Waals surface area contributed by atoms with E-state index in [1.165, 1.54) is 12.3 Å². The molecule has 0 radical (unpaired) electrons. The largest absolute Gasteiger partial charge is 0.337 e. The van der Waals surface area contributed by atoms with Crippen molar-refractivity contribution in [1.29, 1.82) is 0 Å². The molecule has 2 amide bonds. The molecule has 4 rings (SSSR count). The maximum atomic E-state index is 13.0. The van der Waals surface area contributed by atoms with E-state index in [4.69, 9.17) is 16.6 Å². The molecule has 1 saturated heterocycles. The van der Waals surface area contributed by atoms with Crippen LogP contribution in [0, 0.1) is 6.92 Å². The molecule has 0 unspecified atom stereocenters. The number of carbonyl (C=O) groups excluding carboxylic acids is 2. The topological polar surface area (TPSA) is 83.4 Å². The molecule has 1 aromatic carbocycles. The number of anilines is 1. The highest BCUT2D eigenvalue weighted by molar-refractivity contribution is 6.29. The smallest absolute Gasteiger partial charge is 0.258 e. The second-order valence-corrected chi connectivity index (χ2v) is 9.56. The fraction of sp³-hybridized carbons (Fsp3) is 0.385. The molecule has 8 nitrogen and oxygen atoms in total. The number of aromatic nitrogens is 3. The first-order valence-electron chi connectivity index (χ1n) is 11.8. The van der Waals surface area contributed by atoms with Crippen molar-refractivity contribution in [3.8, 4) is 0 Å². The standard InChI is InChI=1S/C26H31ClN6O2/c1-18-8-6-10-21-24(18)33(26(29-21)30-25(35)19-12-13-28-22(27)16-19)20-9-4-5-15-32(17-20)23(34)11-7-14-31(2)3/h6-8,10-13,16,20H,4-5,9,14-15,17H2,1-3H3,(H,29,30,35)/t20-/m1/s1. The average Bonchev–Trinajstić information content (AvgIpc) is 3.01. The van der Waals surface area contributed by atoms with E-state index >= 15 is 0 Å². The molecule has 35 heavy (non-hydrogen) atoms. The number of rotatable bonds is 6. The van der Waals surface area contributed by atoms with Crippen molar-refractivity contribution < 1.29 is 9.59 Å². The van der Waals surface area contributed by atoms with Gasteiger partial charge in [-0.3, -0.25) is 14.9 Å². The van der Waals surface area contributed by atoms with Crippen LogP contribution in [0.2, 0.25) is 5.15 Å². The van der Waals surface area contributed by atoms with Gasteiger partial charge in [0, 0.05) is 37.5 Å². The summed E-state index contributed by atoms with van der Waals surface area (Å²) in [5.74, 6) is 0.170. The number of fused-ring (bicyclic) bond motifs is 1. The maximum Gasteiger partial charge on any atom is 0.258 e. The molecular formula is C26H31ClN6O2. The number of para-hydroxylation sites is 1. The SMILES string of the molecule is Cc1cccc2nc(NC(=O)c3ccnc(Cl)c3)n([C@@H]3CCCCN(C(=O)C=CCN(C)C)C3)c12. The van der Waals surface area contributed by atoms with E-state index in [1.54, 1.807) is 12.1 Å². The lowest BCUT2D eigenvalue weighted by Gasteiger charge is -2.26. The van der Waals surface area contributed by atoms with Gasteiger partial charge in [-0.15, -0.1) is 0 Å². The van der Waals surface area contributed by atoms with Crippen molar-refractivity contribution in [2.24, 2.45) is 0 Å². The van der Waals surface area contributed by atoms with Crippen molar-refractivity contribution in [1.82, 2.24) is 24.3 Å². The number of amides is 2. The lowest BCUT2D eigenvalue weighted by Crippen LogP contribution is -2.35. The second kappa shape index (κ2) is 11.0. The van der Waals surface area contributed by atoms with Crippen LogP contribution in [0.15, 0.2) is 48.7 Å². The third-order valence-electron chi connectivity index (χ3n) is 6.18. The van der Waals surface area contributed by atoms with Crippen LogP contribution in [0.5, 0.6) is 0 Å². The molecule has 1 atom stereocenters. The van der Waals surface area contributed by atoms with Crippen LogP contribution in [0.1, 0.15) is 41.2 Å². The molecule has 3 aromatic rings. The lowest BCUT2D eigenvalue weighted by atomic mass is 10.1. The number of imidazole rings is 1. The summed E-state index contributed by atoms with van der Waals surface area (Å²) >= 11 is 5.99. The molecule has 0 bridgehead atoms. The van der Waals surface area contributed by atoms with Gasteiger partial charge >= 0.3 is 0 Å². The van der Waals surface area contributed by atoms with Gasteiger partial charge in [0.05, 0.1) is 17.1 Å². The number of nitrogens with zero attached hydrogens (tertiary/aromatic N) is 5. The van der Waals surface area contributed by atoms with Crippen molar-refractivity contribution in [3.05, 3.63) is 65.0 Å². The van der Waals surface area contributed by atoms with Crippen LogP contribution >= 0.6 is 11.6 Å². The fourth-order valence-electron chi connectivity index (χ4n) is 4.48. The number of aryl methyl sites for hydroxylation is 1. The summed E-state index contributed by atoms with van der Waals surface area (Å²) in [4.78, 5) is 38.6. The first-order valence-corrected chi connectivity index (χ1v) is 12.2. The van der Waals surface area contributed by atoms with Crippen LogP contribution in [0.25, 0.3) is 11.0 Å². The van der Waals surface area contributed by atoms with Gasteiger partial charge in [0.25, 0.3) is 5.91 Å². The minimum absolute atomic E-state index is 0.0110. The van der Waals surface area contributed by atoms with E-state index in [-0.39, 0.29) is 23.0 Å². The van der Waals surface area contributed by atoms with E-state index < -0.39 is 0 Å². The van der Waals surface area contributed by atoms with Crippen LogP contribution in [0.3, 0.4) is 0 Å². The Morgan fingerprint density at radius 1 is 1.26 bits per heavy atom. The Bertz CT molecular complexity index is 1250. The van der Waals surface area contributed by atoms with E-state index in [0.717, 1.165) is 35.9 Å². The monoisotopic (exact) mass is 494 g/mol. The molecule has 0 spiro atoms. The Morgan fingerprint density at radius 2 is 2.09 bits per heavy atom. The summed E-state index contributed by atoms with van der Waals surface area (Å²) in [6.07, 6.45) is 7.86. The molecule has 1 aliphatic rings. The Hall–Kier alpha value is -3.23. The summed E-state index contributed by atoms with van der Waals surface area (Å²) < 4.78 is 2.10. The number of likely N-dealkylation sites (N-methyl/N-ethyl adjacent to an activating group) is 1. The van der Waals surface area contributed by atoms with Crippen LogP contribution in [0.4, 0.5) is 5.95 Å². The van der Waals surface area contributed by atoms with Gasteiger partial charge in [0.1, 0.15) is 5.15 Å². The van der Waals surface area contributed by atoms with Gasteiger partial charge in [0.15, 0.2) is 0 Å². The molecule has 9 heteroatoms. The van der Waals surface area contributed by atoms with Gasteiger partial charge in [0.2, 0.25) is 11.9 Å². The van der Waals surface area contributed by atoms with Crippen molar-refractivity contribution >= 4 is 40.4 Å². The van der Waals surface area contributed by atoms with Crippen LogP contribution in [-0.4, -0.2) is 69.9 Å². The third-order valence-corrected chi connectivity index (χ3v) is 6.39. The Morgan fingerprint density at radius 3 is 2.86 bits per heavy atom. The van der Waals surface area contributed by atoms with E-state index in [0.29, 0.717) is 31.1 Å². The normalized spacial score (nSPS) is 16.7. The molecule has 1 N–H and O–H groups in total. The van der Waals surface area contributed by atoms with Gasteiger partial charge in [-0.1, -0.05) is 29.8 Å². The Balaban J connectivity index is 1.68. The summed E-state index contributed by atoms with van der Waals surface area (Å²) in [5.41, 5.74) is 3.25. The predicted molar refractivity (Wildman–Crippen MR) is 139 cm³/mol. The quantitative estimate of drug-likeness (QED) is 0.407. The number of benzene rings is 1. The summed E-state index contributed by atoms with van der Waals surface area (Å²) in [6.45, 7) is 4.02. The first kappa shape index (κ1) is 24.9. The van der Waals surface area contributed by atoms with E-state index in [1.807, 2.05) is 55.1 Å². The molecule has 2 aromatic heterocycles.